The average Bonchev–Trinajstić information content (AvgIpc) is 3.53. The summed E-state index contributed by atoms with van der Waals surface area (Å²) in [5, 5.41) is 11.0. The molecule has 6 aromatic rings. The molecule has 22 rings (SSSR count). The molecule has 0 spiro atoms. The monoisotopic (exact) mass is 1040 g/mol. The Hall–Kier alpha value is -7.24. The lowest BCUT2D eigenvalue weighted by atomic mass is 9.93. The summed E-state index contributed by atoms with van der Waals surface area (Å²) in [6, 6.07) is 30.4. The second-order valence-electron chi connectivity index (χ2n) is 18.7. The van der Waals surface area contributed by atoms with E-state index in [9.17, 15) is 0 Å². The minimum atomic E-state index is 0.259. The van der Waals surface area contributed by atoms with Crippen LogP contribution in [0.4, 0.5) is 0 Å². The molecule has 0 aromatic heterocycles. The van der Waals surface area contributed by atoms with E-state index in [1.54, 1.807) is 42.7 Å². The van der Waals surface area contributed by atoms with Crippen LogP contribution in [0.15, 0.2) is 91.0 Å². The Morgan fingerprint density at radius 3 is 0.895 bits per heavy atom. The summed E-state index contributed by atoms with van der Waals surface area (Å²) < 4.78 is 74.7. The molecule has 16 nitrogen and oxygen atoms in total. The highest BCUT2D eigenvalue weighted by molar-refractivity contribution is 5.62. The molecule has 15 aliphatic heterocycles. The van der Waals surface area contributed by atoms with Gasteiger partial charge in [0.2, 0.25) is 0 Å². The van der Waals surface area contributed by atoms with Gasteiger partial charge in [-0.15, -0.1) is 0 Å². The standard InChI is InChI=1S/C60H72N4O12/c1-65-55-31-40-7-13-49(55)71-25-28-74-52-16-10-43-35-47-45-12-18-54(59(47)69-5)76-30-27-73-51-15-9-42(33-57(51)67-3)39-63-21-24-64(22-19-61-37-40)23-20-62-38-41-8-14-50(56(32-41)66-2)72-26-29-75-53-17-11-44(34-46(43)58(52)68-4)48(36-45)60(53)70-6/h7-18,31-33,61-63H,19-30,34-39H2,1-6H3. The quantitative estimate of drug-likeness (QED) is 0.149. The first-order chi connectivity index (χ1) is 37.4. The van der Waals surface area contributed by atoms with Crippen molar-refractivity contribution < 1.29 is 56.8 Å². The van der Waals surface area contributed by atoms with Crippen LogP contribution in [0.5, 0.6) is 69.0 Å². The number of methoxy groups -OCH3 is 6. The zero-order valence-corrected chi connectivity index (χ0v) is 44.7. The molecule has 0 amide bonds. The third kappa shape index (κ3) is 13.0. The molecule has 0 fully saturated rings. The molecule has 16 bridgehead atoms. The van der Waals surface area contributed by atoms with Crippen molar-refractivity contribution in [2.24, 2.45) is 0 Å². The fourth-order valence-corrected chi connectivity index (χ4v) is 10.1. The molecule has 3 N–H and O–H groups in total. The summed E-state index contributed by atoms with van der Waals surface area (Å²) >= 11 is 0. The fraction of sp³-hybridized carbons (Fsp3) is 0.400. The highest BCUT2D eigenvalue weighted by atomic mass is 16.6. The first-order valence-corrected chi connectivity index (χ1v) is 26.1. The van der Waals surface area contributed by atoms with Crippen molar-refractivity contribution in [1.82, 2.24) is 20.9 Å². The van der Waals surface area contributed by atoms with Crippen LogP contribution in [0.1, 0.15) is 50.1 Å². The predicted octanol–water partition coefficient (Wildman–Crippen LogP) is 7.80. The third-order valence-electron chi connectivity index (χ3n) is 14.0. The molecule has 0 radical (unpaired) electrons. The summed E-state index contributed by atoms with van der Waals surface area (Å²) in [5.74, 6) is 7.57. The molecule has 0 saturated carbocycles. The van der Waals surface area contributed by atoms with E-state index in [2.05, 4.69) is 57.2 Å². The van der Waals surface area contributed by atoms with Gasteiger partial charge < -0.3 is 72.8 Å². The Bertz CT molecular complexity index is 2590. The third-order valence-corrected chi connectivity index (χ3v) is 14.0. The van der Waals surface area contributed by atoms with E-state index in [1.165, 1.54) is 0 Å². The molecule has 15 heterocycles. The first-order valence-electron chi connectivity index (χ1n) is 26.1. The Kier molecular flexibility index (Phi) is 18.7. The Balaban J connectivity index is 1.11. The van der Waals surface area contributed by atoms with Crippen molar-refractivity contribution in [1.29, 1.82) is 0 Å². The Morgan fingerprint density at radius 2 is 0.618 bits per heavy atom. The highest BCUT2D eigenvalue weighted by Gasteiger charge is 2.27. The van der Waals surface area contributed by atoms with Crippen LogP contribution in [-0.2, 0) is 38.9 Å². The van der Waals surface area contributed by atoms with Gasteiger partial charge in [-0.05, 0) is 88.0 Å². The van der Waals surface area contributed by atoms with Crippen LogP contribution in [0.25, 0.3) is 0 Å². The van der Waals surface area contributed by atoms with Gasteiger partial charge in [0.05, 0.1) is 42.7 Å². The van der Waals surface area contributed by atoms with E-state index in [0.717, 1.165) is 89.3 Å². The normalized spacial score (nSPS) is 16.0. The van der Waals surface area contributed by atoms with E-state index in [1.807, 2.05) is 54.6 Å². The molecule has 16 heteroatoms. The Morgan fingerprint density at radius 1 is 0.342 bits per heavy atom. The van der Waals surface area contributed by atoms with Gasteiger partial charge in [0.15, 0.2) is 69.0 Å². The molecule has 0 atom stereocenters. The zero-order chi connectivity index (χ0) is 52.6. The van der Waals surface area contributed by atoms with Crippen molar-refractivity contribution in [3.63, 3.8) is 0 Å². The highest BCUT2D eigenvalue weighted by Crippen LogP contribution is 2.45. The molecular weight excluding hydrogens is 969 g/mol. The van der Waals surface area contributed by atoms with Crippen molar-refractivity contribution in [2.75, 3.05) is 122 Å². The number of nitrogens with one attached hydrogen (secondary N) is 3. The minimum Gasteiger partial charge on any atom is -0.493 e. The molecule has 16 aliphatic rings. The largest absolute Gasteiger partial charge is 0.493 e. The second-order valence-corrected chi connectivity index (χ2v) is 18.7. The summed E-state index contributed by atoms with van der Waals surface area (Å²) in [4.78, 5) is 2.46. The van der Waals surface area contributed by atoms with Crippen molar-refractivity contribution in [3.05, 3.63) is 141 Å². The van der Waals surface area contributed by atoms with E-state index in [4.69, 9.17) is 56.8 Å². The van der Waals surface area contributed by atoms with Crippen molar-refractivity contribution in [2.45, 2.75) is 38.9 Å². The van der Waals surface area contributed by atoms with Crippen LogP contribution in [0, 0.1) is 0 Å². The van der Waals surface area contributed by atoms with Crippen LogP contribution < -0.4 is 72.8 Å². The van der Waals surface area contributed by atoms with Gasteiger partial charge in [-0.2, -0.15) is 0 Å². The van der Waals surface area contributed by atoms with Gasteiger partial charge in [0.1, 0.15) is 39.6 Å². The number of nitrogens with zero attached hydrogens (tertiary/aromatic N) is 1. The van der Waals surface area contributed by atoms with Gasteiger partial charge in [-0.1, -0.05) is 36.4 Å². The molecule has 0 unspecified atom stereocenters. The van der Waals surface area contributed by atoms with Gasteiger partial charge in [-0.3, -0.25) is 4.90 Å². The first kappa shape index (κ1) is 53.6. The average molecular weight is 1040 g/mol. The number of rotatable bonds is 6. The Labute approximate surface area is 446 Å². The lowest BCUT2D eigenvalue weighted by Crippen LogP contribution is -2.40. The number of hydrogen-bond donors (Lipinski definition) is 3. The summed E-state index contributed by atoms with van der Waals surface area (Å²) in [6.45, 7) is 8.54. The molecular formula is C60H72N4O12. The van der Waals surface area contributed by atoms with Gasteiger partial charge in [0.25, 0.3) is 0 Å². The maximum absolute atomic E-state index is 6.50. The van der Waals surface area contributed by atoms with Crippen LogP contribution in [0.2, 0.25) is 0 Å². The maximum atomic E-state index is 6.50. The zero-order valence-electron chi connectivity index (χ0n) is 44.7. The van der Waals surface area contributed by atoms with Crippen molar-refractivity contribution in [3.8, 4) is 69.0 Å². The second kappa shape index (κ2) is 26.5. The number of ether oxygens (including phenoxy) is 12. The van der Waals surface area contributed by atoms with Crippen LogP contribution >= 0.6 is 0 Å². The molecule has 0 saturated heterocycles. The van der Waals surface area contributed by atoms with E-state index < -0.39 is 0 Å². The van der Waals surface area contributed by atoms with E-state index in [-0.39, 0.29) is 39.6 Å². The fourth-order valence-electron chi connectivity index (χ4n) is 10.1. The topological polar surface area (TPSA) is 150 Å². The maximum Gasteiger partial charge on any atom is 0.164 e. The van der Waals surface area contributed by atoms with Crippen LogP contribution in [-0.4, -0.2) is 126 Å². The molecule has 1 aliphatic carbocycles. The minimum absolute atomic E-state index is 0.259. The number of hydrogen-bond acceptors (Lipinski definition) is 16. The SMILES string of the molecule is COc1cc2ccc1OCCOc1ccc3c(c1OC)Cc1ccc4c(OC)c1Cc1ccc(c(OC)c1C3)OCCOc1ccc(cc1OC)CNCCN(CCNC2)CCNCc1ccc(c(OC)c1)OCCO4. The van der Waals surface area contributed by atoms with E-state index in [0.29, 0.717) is 108 Å². The summed E-state index contributed by atoms with van der Waals surface area (Å²) in [6.07, 6.45) is 1.55. The molecule has 404 valence electrons. The lowest BCUT2D eigenvalue weighted by Gasteiger charge is -2.23. The number of benzene rings is 6. The summed E-state index contributed by atoms with van der Waals surface area (Å²) in [5.41, 5.74) is 9.29. The smallest absolute Gasteiger partial charge is 0.164 e. The predicted molar refractivity (Wildman–Crippen MR) is 291 cm³/mol. The van der Waals surface area contributed by atoms with E-state index >= 15 is 0 Å². The lowest BCUT2D eigenvalue weighted by molar-refractivity contribution is 0.205. The van der Waals surface area contributed by atoms with Gasteiger partial charge >= 0.3 is 0 Å². The molecule has 6 aromatic carbocycles. The molecule has 76 heavy (non-hydrogen) atoms. The van der Waals surface area contributed by atoms with Gasteiger partial charge in [0, 0.05) is 94.9 Å². The summed E-state index contributed by atoms with van der Waals surface area (Å²) in [7, 11) is 10.0. The van der Waals surface area contributed by atoms with Crippen LogP contribution in [0.3, 0.4) is 0 Å². The van der Waals surface area contributed by atoms with Crippen molar-refractivity contribution >= 4 is 0 Å². The van der Waals surface area contributed by atoms with Gasteiger partial charge in [-0.25, -0.2) is 0 Å².